The molecule has 0 aromatic carbocycles. The molecule has 1 amide bonds. The van der Waals surface area contributed by atoms with Crippen molar-refractivity contribution in [2.75, 3.05) is 13.2 Å². The molecule has 4 nitrogen and oxygen atoms in total. The van der Waals surface area contributed by atoms with Gasteiger partial charge < -0.3 is 10.2 Å². The number of amides is 1. The third kappa shape index (κ3) is 2.33. The molecule has 0 radical (unpaired) electrons. The summed E-state index contributed by atoms with van der Waals surface area (Å²) in [6.45, 7) is 1.96. The van der Waals surface area contributed by atoms with Gasteiger partial charge in [0.1, 0.15) is 4.32 Å². The van der Waals surface area contributed by atoms with Gasteiger partial charge in [0.25, 0.3) is 5.91 Å². The molecule has 1 unspecified atom stereocenters. The van der Waals surface area contributed by atoms with Crippen LogP contribution in [0.4, 0.5) is 0 Å². The van der Waals surface area contributed by atoms with Crippen molar-refractivity contribution in [1.82, 2.24) is 4.90 Å². The number of nitrogens with zero attached hydrogens (tertiary/aromatic N) is 1. The maximum atomic E-state index is 11.6. The van der Waals surface area contributed by atoms with E-state index in [0.29, 0.717) is 15.8 Å². The van der Waals surface area contributed by atoms with Crippen molar-refractivity contribution in [2.24, 2.45) is 0 Å². The first-order chi connectivity index (χ1) is 6.60. The molecule has 0 aromatic heterocycles. The van der Waals surface area contributed by atoms with Gasteiger partial charge in [-0.25, -0.2) is 0 Å². The fourth-order valence-electron chi connectivity index (χ4n) is 1.01. The van der Waals surface area contributed by atoms with Crippen molar-refractivity contribution >= 4 is 34.2 Å². The number of likely N-dealkylation sites (N-methyl/N-ethyl adjacent to an activating group) is 1. The Morgan fingerprint density at radius 1 is 1.71 bits per heavy atom. The van der Waals surface area contributed by atoms with Crippen molar-refractivity contribution in [2.45, 2.75) is 13.0 Å². The van der Waals surface area contributed by atoms with Crippen LogP contribution in [0.25, 0.3) is 0 Å². The zero-order valence-electron chi connectivity index (χ0n) is 7.64. The Bertz CT molecular complexity index is 290. The summed E-state index contributed by atoms with van der Waals surface area (Å²) in [5, 5.41) is 17.7. The van der Waals surface area contributed by atoms with E-state index in [1.165, 1.54) is 11.0 Å². The maximum Gasteiger partial charge on any atom is 0.265 e. The highest BCUT2D eigenvalue weighted by molar-refractivity contribution is 8.26. The predicted octanol–water partition coefficient (Wildman–Crippen LogP) is 0.104. The first kappa shape index (κ1) is 11.6. The first-order valence-corrected chi connectivity index (χ1v) is 5.37. The minimum absolute atomic E-state index is 0.199. The molecule has 1 atom stereocenters. The quantitative estimate of drug-likeness (QED) is 0.535. The summed E-state index contributed by atoms with van der Waals surface area (Å²) in [5.41, 5.74) is 0. The van der Waals surface area contributed by atoms with Crippen LogP contribution in [-0.2, 0) is 4.79 Å². The van der Waals surface area contributed by atoms with Gasteiger partial charge in [-0.3, -0.25) is 9.69 Å². The Labute approximate surface area is 91.6 Å². The third-order valence-corrected chi connectivity index (χ3v) is 3.12. The monoisotopic (exact) mass is 233 g/mol. The predicted molar refractivity (Wildman–Crippen MR) is 58.8 cm³/mol. The fraction of sp³-hybridized carbons (Fsp3) is 0.500. The molecule has 1 aliphatic heterocycles. The van der Waals surface area contributed by atoms with Crippen LogP contribution in [0.5, 0.6) is 0 Å². The molecule has 1 fully saturated rings. The standard InChI is InChI=1S/C8H11NO3S2/c1-2-9-7(12)6(14-8(9)13)3-5(11)4-10/h3,5,10-11H,2,4H2,1H3/b6-3-. The molecule has 0 bridgehead atoms. The van der Waals surface area contributed by atoms with Gasteiger partial charge in [-0.15, -0.1) is 0 Å². The van der Waals surface area contributed by atoms with Gasteiger partial charge in [0, 0.05) is 6.54 Å². The van der Waals surface area contributed by atoms with Crippen molar-refractivity contribution in [3.63, 3.8) is 0 Å². The average Bonchev–Trinajstić information content (AvgIpc) is 2.42. The van der Waals surface area contributed by atoms with Crippen molar-refractivity contribution in [3.05, 3.63) is 11.0 Å². The SMILES string of the molecule is CCN1C(=O)/C(=C/C(O)CO)SC1=S. The summed E-state index contributed by atoms with van der Waals surface area (Å²) in [5.74, 6) is -0.199. The Morgan fingerprint density at radius 2 is 2.36 bits per heavy atom. The molecule has 78 valence electrons. The Kier molecular flexibility index (Phi) is 4.06. The number of hydrogen-bond donors (Lipinski definition) is 2. The number of aliphatic hydroxyl groups is 2. The molecule has 2 N–H and O–H groups in total. The highest BCUT2D eigenvalue weighted by atomic mass is 32.2. The molecule has 1 rings (SSSR count). The lowest BCUT2D eigenvalue weighted by Crippen LogP contribution is -2.27. The molecule has 0 aromatic rings. The van der Waals surface area contributed by atoms with Crippen LogP contribution >= 0.6 is 24.0 Å². The van der Waals surface area contributed by atoms with Gasteiger partial charge in [0.15, 0.2) is 0 Å². The number of thiocarbonyl (C=S) groups is 1. The van der Waals surface area contributed by atoms with Crippen molar-refractivity contribution in [1.29, 1.82) is 0 Å². The lowest BCUT2D eigenvalue weighted by Gasteiger charge is -2.09. The Hall–Kier alpha value is -0.430. The normalized spacial score (nSPS) is 22.2. The number of thioether (sulfide) groups is 1. The first-order valence-electron chi connectivity index (χ1n) is 4.14. The van der Waals surface area contributed by atoms with E-state index in [1.54, 1.807) is 0 Å². The van der Waals surface area contributed by atoms with Gasteiger partial charge in [-0.2, -0.15) is 0 Å². The summed E-state index contributed by atoms with van der Waals surface area (Å²) in [6, 6.07) is 0. The minimum atomic E-state index is -0.999. The second-order valence-electron chi connectivity index (χ2n) is 2.70. The van der Waals surface area contributed by atoms with Crippen LogP contribution in [0.3, 0.4) is 0 Å². The lowest BCUT2D eigenvalue weighted by molar-refractivity contribution is -0.122. The zero-order chi connectivity index (χ0) is 10.7. The van der Waals surface area contributed by atoms with E-state index in [2.05, 4.69) is 0 Å². The van der Waals surface area contributed by atoms with E-state index < -0.39 is 12.7 Å². The molecule has 1 aliphatic rings. The van der Waals surface area contributed by atoms with E-state index in [4.69, 9.17) is 22.4 Å². The lowest BCUT2D eigenvalue weighted by atomic mass is 10.3. The number of carbonyl (C=O) groups is 1. The van der Waals surface area contributed by atoms with E-state index in [-0.39, 0.29) is 5.91 Å². The molecular formula is C8H11NO3S2. The largest absolute Gasteiger partial charge is 0.393 e. The van der Waals surface area contributed by atoms with Gasteiger partial charge >= 0.3 is 0 Å². The van der Waals surface area contributed by atoms with E-state index in [0.717, 1.165) is 11.8 Å². The van der Waals surface area contributed by atoms with Crippen LogP contribution in [-0.4, -0.2) is 44.6 Å². The fourth-order valence-corrected chi connectivity index (χ4v) is 2.43. The van der Waals surface area contributed by atoms with Crippen molar-refractivity contribution in [3.8, 4) is 0 Å². The average molecular weight is 233 g/mol. The van der Waals surface area contributed by atoms with Crippen molar-refractivity contribution < 1.29 is 15.0 Å². The number of aliphatic hydroxyl groups excluding tert-OH is 2. The number of carbonyl (C=O) groups excluding carboxylic acids is 1. The molecule has 1 heterocycles. The van der Waals surface area contributed by atoms with Gasteiger partial charge in [-0.1, -0.05) is 24.0 Å². The number of rotatable bonds is 3. The second-order valence-corrected chi connectivity index (χ2v) is 4.37. The van der Waals surface area contributed by atoms with E-state index >= 15 is 0 Å². The Morgan fingerprint density at radius 3 is 2.79 bits per heavy atom. The van der Waals surface area contributed by atoms with E-state index in [1.807, 2.05) is 6.92 Å². The molecule has 0 spiro atoms. The third-order valence-electron chi connectivity index (χ3n) is 1.72. The van der Waals surface area contributed by atoms with Crippen LogP contribution < -0.4 is 0 Å². The topological polar surface area (TPSA) is 60.8 Å². The highest BCUT2D eigenvalue weighted by Gasteiger charge is 2.30. The highest BCUT2D eigenvalue weighted by Crippen LogP contribution is 2.30. The van der Waals surface area contributed by atoms with Gasteiger partial charge in [0.05, 0.1) is 17.6 Å². The molecule has 1 saturated heterocycles. The summed E-state index contributed by atoms with van der Waals surface area (Å²) in [4.78, 5) is 13.4. The van der Waals surface area contributed by atoms with Gasteiger partial charge in [-0.05, 0) is 13.0 Å². The van der Waals surface area contributed by atoms with Crippen LogP contribution in [0.2, 0.25) is 0 Å². The summed E-state index contributed by atoms with van der Waals surface area (Å²) in [7, 11) is 0. The maximum absolute atomic E-state index is 11.6. The van der Waals surface area contributed by atoms with Crippen LogP contribution in [0.1, 0.15) is 6.92 Å². The molecule has 6 heteroatoms. The van der Waals surface area contributed by atoms with Gasteiger partial charge in [0.2, 0.25) is 0 Å². The minimum Gasteiger partial charge on any atom is -0.393 e. The second kappa shape index (κ2) is 4.88. The van der Waals surface area contributed by atoms with Crippen LogP contribution in [0, 0.1) is 0 Å². The molecule has 14 heavy (non-hydrogen) atoms. The molecule has 0 saturated carbocycles. The van der Waals surface area contributed by atoms with E-state index in [9.17, 15) is 4.79 Å². The zero-order valence-corrected chi connectivity index (χ0v) is 9.27. The Balaban J connectivity index is 2.81. The smallest absolute Gasteiger partial charge is 0.265 e. The van der Waals surface area contributed by atoms with Crippen LogP contribution in [0.15, 0.2) is 11.0 Å². The summed E-state index contributed by atoms with van der Waals surface area (Å²) < 4.78 is 0.494. The molecular weight excluding hydrogens is 222 g/mol. The molecule has 0 aliphatic carbocycles. The summed E-state index contributed by atoms with van der Waals surface area (Å²) in [6.07, 6.45) is 0.329. The number of hydrogen-bond acceptors (Lipinski definition) is 5. The summed E-state index contributed by atoms with van der Waals surface area (Å²) >= 11 is 6.11.